The monoisotopic (exact) mass is 498 g/mol. The number of sulfone groups is 1. The van der Waals surface area contributed by atoms with Crippen molar-refractivity contribution in [3.8, 4) is 0 Å². The van der Waals surface area contributed by atoms with Crippen molar-refractivity contribution in [2.24, 2.45) is 0 Å². The standard InChI is InChI=1S/C7H8BrNO3S.C7H8BrNOS/c1-13(11,12)7-2-5(8)3-9-6(7)4-10;1-11-7-2-5(8)3-9-6(7)4-10/h2-3,10H,4H2,1H3;2-3,10H,4H2,1H3. The first-order chi connectivity index (χ1) is 11.2. The zero-order valence-corrected chi connectivity index (χ0v) is 17.7. The van der Waals surface area contributed by atoms with Gasteiger partial charge in [0.15, 0.2) is 9.84 Å². The molecule has 0 amide bonds. The molecule has 0 radical (unpaired) electrons. The Morgan fingerprint density at radius 1 is 1.04 bits per heavy atom. The Hall–Kier alpha value is -0.520. The van der Waals surface area contributed by atoms with Crippen molar-refractivity contribution in [2.75, 3.05) is 12.5 Å². The molecule has 0 unspecified atom stereocenters. The van der Waals surface area contributed by atoms with E-state index in [0.717, 1.165) is 21.3 Å². The summed E-state index contributed by atoms with van der Waals surface area (Å²) in [6.07, 6.45) is 6.17. The van der Waals surface area contributed by atoms with E-state index in [1.807, 2.05) is 12.3 Å². The third kappa shape index (κ3) is 6.41. The first-order valence-electron chi connectivity index (χ1n) is 6.47. The van der Waals surface area contributed by atoms with Gasteiger partial charge >= 0.3 is 0 Å². The van der Waals surface area contributed by atoms with Gasteiger partial charge in [-0.2, -0.15) is 0 Å². The number of rotatable bonds is 4. The van der Waals surface area contributed by atoms with Crippen LogP contribution in [0.5, 0.6) is 0 Å². The van der Waals surface area contributed by atoms with Crippen molar-refractivity contribution in [3.63, 3.8) is 0 Å². The number of pyridine rings is 2. The molecule has 0 atom stereocenters. The second kappa shape index (κ2) is 9.83. The number of nitrogens with zero attached hydrogens (tertiary/aromatic N) is 2. The number of thioether (sulfide) groups is 1. The van der Waals surface area contributed by atoms with Gasteiger partial charge in [-0.15, -0.1) is 11.8 Å². The van der Waals surface area contributed by atoms with Gasteiger partial charge in [0.2, 0.25) is 0 Å². The van der Waals surface area contributed by atoms with Gasteiger partial charge in [0.1, 0.15) is 0 Å². The highest BCUT2D eigenvalue weighted by Gasteiger charge is 2.14. The molecule has 2 heterocycles. The van der Waals surface area contributed by atoms with Gasteiger partial charge in [-0.05, 0) is 50.2 Å². The lowest BCUT2D eigenvalue weighted by atomic mass is 10.4. The van der Waals surface area contributed by atoms with Crippen LogP contribution in [-0.2, 0) is 23.1 Å². The van der Waals surface area contributed by atoms with Crippen molar-refractivity contribution in [1.82, 2.24) is 9.97 Å². The lowest BCUT2D eigenvalue weighted by Crippen LogP contribution is -2.04. The minimum atomic E-state index is -3.32. The van der Waals surface area contributed by atoms with Gasteiger partial charge in [-0.25, -0.2) is 8.42 Å². The van der Waals surface area contributed by atoms with Crippen LogP contribution in [0.1, 0.15) is 11.4 Å². The Balaban J connectivity index is 0.000000243. The van der Waals surface area contributed by atoms with Crippen LogP contribution in [0.4, 0.5) is 0 Å². The lowest BCUT2D eigenvalue weighted by molar-refractivity contribution is 0.273. The molecule has 10 heteroatoms. The maximum atomic E-state index is 11.2. The second-order valence-corrected chi connectivity index (χ2v) is 9.15. The van der Waals surface area contributed by atoms with Crippen LogP contribution < -0.4 is 0 Å². The molecule has 0 aliphatic carbocycles. The molecule has 0 spiro atoms. The first-order valence-corrected chi connectivity index (χ1v) is 11.2. The SMILES string of the molecule is CS(=O)(=O)c1cc(Br)cnc1CO.CSc1cc(Br)cnc1CO. The summed E-state index contributed by atoms with van der Waals surface area (Å²) in [5.74, 6) is 0. The lowest BCUT2D eigenvalue weighted by Gasteiger charge is -2.03. The smallest absolute Gasteiger partial charge is 0.177 e. The molecule has 0 aliphatic heterocycles. The second-order valence-electron chi connectivity index (χ2n) is 4.49. The molecule has 6 nitrogen and oxygen atoms in total. The van der Waals surface area contributed by atoms with E-state index in [2.05, 4.69) is 41.8 Å². The van der Waals surface area contributed by atoms with Crippen molar-refractivity contribution in [3.05, 3.63) is 44.9 Å². The molecule has 2 aromatic heterocycles. The van der Waals surface area contributed by atoms with E-state index >= 15 is 0 Å². The number of aromatic nitrogens is 2. The Labute approximate surface area is 161 Å². The maximum absolute atomic E-state index is 11.2. The molecular formula is C14H16Br2N2O4S2. The van der Waals surface area contributed by atoms with Gasteiger partial charge in [-0.1, -0.05) is 0 Å². The van der Waals surface area contributed by atoms with E-state index in [1.54, 1.807) is 18.0 Å². The summed E-state index contributed by atoms with van der Waals surface area (Å²) in [6.45, 7) is -0.376. The molecule has 24 heavy (non-hydrogen) atoms. The van der Waals surface area contributed by atoms with Crippen LogP contribution in [0, 0.1) is 0 Å². The average Bonchev–Trinajstić information content (AvgIpc) is 2.54. The molecule has 0 saturated carbocycles. The Morgan fingerprint density at radius 3 is 2.00 bits per heavy atom. The number of hydrogen-bond acceptors (Lipinski definition) is 7. The van der Waals surface area contributed by atoms with Crippen molar-refractivity contribution in [1.29, 1.82) is 0 Å². The summed E-state index contributed by atoms with van der Waals surface area (Å²) >= 11 is 8.00. The first kappa shape index (κ1) is 21.5. The van der Waals surface area contributed by atoms with E-state index < -0.39 is 9.84 Å². The van der Waals surface area contributed by atoms with Crippen LogP contribution in [0.25, 0.3) is 0 Å². The number of aliphatic hydroxyl groups excluding tert-OH is 2. The van der Waals surface area contributed by atoms with Crippen LogP contribution in [-0.4, -0.2) is 41.1 Å². The van der Waals surface area contributed by atoms with Crippen LogP contribution in [0.2, 0.25) is 0 Å². The van der Waals surface area contributed by atoms with Crippen molar-refractivity contribution >= 4 is 53.5 Å². The molecule has 132 valence electrons. The van der Waals surface area contributed by atoms with Gasteiger partial charge < -0.3 is 10.2 Å². The minimum absolute atomic E-state index is 0.00343. The van der Waals surface area contributed by atoms with Crippen LogP contribution >= 0.6 is 43.6 Å². The normalized spacial score (nSPS) is 10.9. The quantitative estimate of drug-likeness (QED) is 0.623. The molecule has 2 rings (SSSR count). The number of aliphatic hydroxyl groups is 2. The Morgan fingerprint density at radius 2 is 1.54 bits per heavy atom. The van der Waals surface area contributed by atoms with Gasteiger partial charge in [0, 0.05) is 32.5 Å². The van der Waals surface area contributed by atoms with E-state index in [1.165, 1.54) is 12.3 Å². The molecule has 0 bridgehead atoms. The number of hydrogen-bond donors (Lipinski definition) is 2. The highest BCUT2D eigenvalue weighted by molar-refractivity contribution is 9.10. The summed E-state index contributed by atoms with van der Waals surface area (Å²) in [5, 5.41) is 17.7. The largest absolute Gasteiger partial charge is 0.390 e. The van der Waals surface area contributed by atoms with Gasteiger partial charge in [-0.3, -0.25) is 9.97 Å². The summed E-state index contributed by atoms with van der Waals surface area (Å²) in [4.78, 5) is 8.91. The third-order valence-corrected chi connectivity index (χ3v) is 5.53. The summed E-state index contributed by atoms with van der Waals surface area (Å²) < 4.78 is 23.9. The fraction of sp³-hybridized carbons (Fsp3) is 0.286. The molecule has 0 aliphatic rings. The predicted octanol–water partition coefficient (Wildman–Crippen LogP) is 2.80. The highest BCUT2D eigenvalue weighted by atomic mass is 79.9. The van der Waals surface area contributed by atoms with Crippen molar-refractivity contribution in [2.45, 2.75) is 23.0 Å². The van der Waals surface area contributed by atoms with Gasteiger partial charge in [0.25, 0.3) is 0 Å². The van der Waals surface area contributed by atoms with E-state index in [0.29, 0.717) is 4.47 Å². The average molecular weight is 500 g/mol. The van der Waals surface area contributed by atoms with E-state index in [9.17, 15) is 8.42 Å². The molecule has 0 saturated heterocycles. The minimum Gasteiger partial charge on any atom is -0.390 e. The number of halogens is 2. The topological polar surface area (TPSA) is 100 Å². The third-order valence-electron chi connectivity index (χ3n) is 2.71. The molecular weight excluding hydrogens is 484 g/mol. The Kier molecular flexibility index (Phi) is 8.82. The van der Waals surface area contributed by atoms with Crippen molar-refractivity contribution < 1.29 is 18.6 Å². The van der Waals surface area contributed by atoms with Crippen LogP contribution in [0.3, 0.4) is 0 Å². The zero-order valence-electron chi connectivity index (χ0n) is 12.9. The predicted molar refractivity (Wildman–Crippen MR) is 101 cm³/mol. The molecule has 2 aromatic rings. The van der Waals surface area contributed by atoms with E-state index in [-0.39, 0.29) is 23.8 Å². The van der Waals surface area contributed by atoms with Gasteiger partial charge in [0.05, 0.1) is 29.5 Å². The zero-order chi connectivity index (χ0) is 18.3. The van der Waals surface area contributed by atoms with E-state index in [4.69, 9.17) is 10.2 Å². The maximum Gasteiger partial charge on any atom is 0.177 e. The molecule has 0 fully saturated rings. The summed E-state index contributed by atoms with van der Waals surface area (Å²) in [7, 11) is -3.32. The fourth-order valence-electron chi connectivity index (χ4n) is 1.63. The molecule has 0 aromatic carbocycles. The Bertz CT molecular complexity index is 801. The fourth-order valence-corrected chi connectivity index (χ4v) is 4.08. The summed E-state index contributed by atoms with van der Waals surface area (Å²) in [5.41, 5.74) is 0.909. The van der Waals surface area contributed by atoms with Crippen LogP contribution in [0.15, 0.2) is 43.3 Å². The molecule has 2 N–H and O–H groups in total. The summed E-state index contributed by atoms with van der Waals surface area (Å²) in [6, 6.07) is 3.37. The highest BCUT2D eigenvalue weighted by Crippen LogP contribution is 2.22.